The molecule has 0 bridgehead atoms. The minimum Gasteiger partial charge on any atom is -0.494 e. The quantitative estimate of drug-likeness (QED) is 0.834. The van der Waals surface area contributed by atoms with Crippen LogP contribution in [0.15, 0.2) is 18.2 Å². The monoisotopic (exact) mass is 266 g/mol. The van der Waals surface area contributed by atoms with Crippen LogP contribution in [0.2, 0.25) is 0 Å². The van der Waals surface area contributed by atoms with E-state index in [0.717, 1.165) is 19.6 Å². The van der Waals surface area contributed by atoms with Gasteiger partial charge in [0.25, 0.3) is 0 Å². The molecule has 0 spiro atoms. The van der Waals surface area contributed by atoms with Gasteiger partial charge in [0.1, 0.15) is 0 Å². The molecule has 1 unspecified atom stereocenters. The second kappa shape index (κ2) is 6.12. The van der Waals surface area contributed by atoms with Crippen LogP contribution < -0.4 is 10.1 Å². The summed E-state index contributed by atoms with van der Waals surface area (Å²) in [7, 11) is 3.44. The van der Waals surface area contributed by atoms with E-state index in [1.807, 2.05) is 7.05 Å². The highest BCUT2D eigenvalue weighted by Crippen LogP contribution is 2.19. The second-order valence-electron chi connectivity index (χ2n) is 4.89. The smallest absolute Gasteiger partial charge is 0.165 e. The van der Waals surface area contributed by atoms with E-state index in [4.69, 9.17) is 4.74 Å². The topological polar surface area (TPSA) is 41.6 Å². The maximum Gasteiger partial charge on any atom is 0.165 e. The fourth-order valence-electron chi connectivity index (χ4n) is 2.31. The largest absolute Gasteiger partial charge is 0.494 e. The van der Waals surface area contributed by atoms with Gasteiger partial charge in [0.2, 0.25) is 0 Å². The van der Waals surface area contributed by atoms with Crippen LogP contribution >= 0.6 is 0 Å². The van der Waals surface area contributed by atoms with Crippen molar-refractivity contribution in [2.75, 3.05) is 33.8 Å². The Bertz CT molecular complexity index is 465. The second-order valence-corrected chi connectivity index (χ2v) is 4.89. The molecule has 19 heavy (non-hydrogen) atoms. The molecule has 1 heterocycles. The lowest BCUT2D eigenvalue weighted by atomic mass is 10.0. The lowest BCUT2D eigenvalue weighted by Gasteiger charge is -2.30. The Hall–Kier alpha value is -1.46. The van der Waals surface area contributed by atoms with Crippen LogP contribution in [-0.2, 0) is 0 Å². The number of carbonyl (C=O) groups excluding carboxylic acids is 1. The third-order valence-corrected chi connectivity index (χ3v) is 3.36. The highest BCUT2D eigenvalue weighted by Gasteiger charge is 2.20. The predicted molar refractivity (Wildman–Crippen MR) is 71.2 cm³/mol. The van der Waals surface area contributed by atoms with Crippen molar-refractivity contribution in [3.63, 3.8) is 0 Å². The maximum atomic E-state index is 13.6. The van der Waals surface area contributed by atoms with Gasteiger partial charge in [-0.25, -0.2) is 4.39 Å². The number of hydrogen-bond acceptors (Lipinski definition) is 4. The molecule has 0 aromatic heterocycles. The minimum atomic E-state index is -0.498. The number of likely N-dealkylation sites (N-methyl/N-ethyl adjacent to an activating group) is 1. The fourth-order valence-corrected chi connectivity index (χ4v) is 2.31. The number of methoxy groups -OCH3 is 1. The van der Waals surface area contributed by atoms with Crippen molar-refractivity contribution in [3.8, 4) is 5.75 Å². The summed E-state index contributed by atoms with van der Waals surface area (Å²) in [4.78, 5) is 14.3. The Kier molecular flexibility index (Phi) is 4.50. The number of piperazine rings is 1. The molecule has 5 heteroatoms. The van der Waals surface area contributed by atoms with Crippen LogP contribution in [0.5, 0.6) is 5.75 Å². The first kappa shape index (κ1) is 14.0. The number of nitrogens with one attached hydrogen (secondary N) is 1. The first-order chi connectivity index (χ1) is 9.10. The Morgan fingerprint density at radius 2 is 2.37 bits per heavy atom. The van der Waals surface area contributed by atoms with Crippen molar-refractivity contribution in [2.24, 2.45) is 0 Å². The summed E-state index contributed by atoms with van der Waals surface area (Å²) in [6.07, 6.45) is 0.385. The number of Topliss-reactive ketones (excluding diaryl/α,β-unsaturated/α-hetero) is 1. The molecule has 1 aromatic rings. The van der Waals surface area contributed by atoms with Crippen LogP contribution in [0.3, 0.4) is 0 Å². The average molecular weight is 266 g/mol. The number of ether oxygens (including phenoxy) is 1. The first-order valence-electron chi connectivity index (χ1n) is 6.39. The third kappa shape index (κ3) is 3.52. The molecule has 2 rings (SSSR count). The summed E-state index contributed by atoms with van der Waals surface area (Å²) in [6, 6.07) is 4.48. The average Bonchev–Trinajstić information content (AvgIpc) is 2.38. The summed E-state index contributed by atoms with van der Waals surface area (Å²) in [5.74, 6) is -0.386. The molecule has 1 atom stereocenters. The number of rotatable bonds is 4. The van der Waals surface area contributed by atoms with Crippen LogP contribution in [-0.4, -0.2) is 50.5 Å². The highest BCUT2D eigenvalue weighted by atomic mass is 19.1. The van der Waals surface area contributed by atoms with Crippen molar-refractivity contribution >= 4 is 5.78 Å². The molecular formula is C14H19FN2O2. The molecule has 1 aliphatic heterocycles. The van der Waals surface area contributed by atoms with E-state index in [1.165, 1.54) is 19.2 Å². The number of benzene rings is 1. The van der Waals surface area contributed by atoms with Gasteiger partial charge in [-0.3, -0.25) is 4.79 Å². The normalized spacial score (nSPS) is 20.3. The van der Waals surface area contributed by atoms with Crippen LogP contribution in [0.1, 0.15) is 16.8 Å². The Labute approximate surface area is 112 Å². The van der Waals surface area contributed by atoms with Crippen molar-refractivity contribution in [2.45, 2.75) is 12.5 Å². The molecule has 0 radical (unpaired) electrons. The van der Waals surface area contributed by atoms with Gasteiger partial charge >= 0.3 is 0 Å². The molecule has 1 aromatic carbocycles. The number of ketones is 1. The lowest BCUT2D eigenvalue weighted by Crippen LogP contribution is -2.49. The Balaban J connectivity index is 2.01. The molecule has 1 aliphatic rings. The summed E-state index contributed by atoms with van der Waals surface area (Å²) < 4.78 is 18.4. The van der Waals surface area contributed by atoms with Crippen molar-refractivity contribution in [1.82, 2.24) is 10.2 Å². The van der Waals surface area contributed by atoms with Crippen molar-refractivity contribution in [3.05, 3.63) is 29.6 Å². The molecule has 104 valence electrons. The summed E-state index contributed by atoms with van der Waals surface area (Å²) >= 11 is 0. The van der Waals surface area contributed by atoms with E-state index in [-0.39, 0.29) is 17.6 Å². The third-order valence-electron chi connectivity index (χ3n) is 3.36. The lowest BCUT2D eigenvalue weighted by molar-refractivity contribution is 0.0951. The van der Waals surface area contributed by atoms with E-state index >= 15 is 0 Å². The van der Waals surface area contributed by atoms with Gasteiger partial charge in [-0.05, 0) is 25.2 Å². The van der Waals surface area contributed by atoms with Gasteiger partial charge in [-0.1, -0.05) is 0 Å². The number of hydrogen-bond donors (Lipinski definition) is 1. The Morgan fingerprint density at radius 3 is 3.00 bits per heavy atom. The van der Waals surface area contributed by atoms with Gasteiger partial charge in [-0.15, -0.1) is 0 Å². The zero-order valence-corrected chi connectivity index (χ0v) is 11.3. The molecule has 1 fully saturated rings. The van der Waals surface area contributed by atoms with Gasteiger partial charge < -0.3 is 15.0 Å². The van der Waals surface area contributed by atoms with E-state index in [2.05, 4.69) is 10.2 Å². The summed E-state index contributed by atoms with van der Waals surface area (Å²) in [5, 5.41) is 3.31. The maximum absolute atomic E-state index is 13.6. The van der Waals surface area contributed by atoms with Crippen LogP contribution in [0.4, 0.5) is 4.39 Å². The van der Waals surface area contributed by atoms with Crippen molar-refractivity contribution < 1.29 is 13.9 Å². The number of nitrogens with zero attached hydrogens (tertiary/aromatic N) is 1. The molecule has 1 N–H and O–H groups in total. The molecule has 0 amide bonds. The highest BCUT2D eigenvalue weighted by molar-refractivity contribution is 5.96. The van der Waals surface area contributed by atoms with E-state index < -0.39 is 5.82 Å². The molecule has 4 nitrogen and oxygen atoms in total. The molecular weight excluding hydrogens is 247 g/mol. The molecule has 0 aliphatic carbocycles. The van der Waals surface area contributed by atoms with E-state index in [0.29, 0.717) is 12.0 Å². The van der Waals surface area contributed by atoms with Gasteiger partial charge in [0.15, 0.2) is 17.3 Å². The van der Waals surface area contributed by atoms with Gasteiger partial charge in [0, 0.05) is 37.7 Å². The van der Waals surface area contributed by atoms with E-state index in [9.17, 15) is 9.18 Å². The summed E-state index contributed by atoms with van der Waals surface area (Å²) in [6.45, 7) is 2.71. The predicted octanol–water partition coefficient (Wildman–Crippen LogP) is 1.31. The summed E-state index contributed by atoms with van der Waals surface area (Å²) in [5.41, 5.74) is 0.397. The van der Waals surface area contributed by atoms with E-state index in [1.54, 1.807) is 6.07 Å². The van der Waals surface area contributed by atoms with Crippen molar-refractivity contribution in [1.29, 1.82) is 0 Å². The SMILES string of the molecule is COc1ccc(C(=O)CC2CN(C)CCN2)cc1F. The van der Waals surface area contributed by atoms with Crippen LogP contribution in [0.25, 0.3) is 0 Å². The standard InChI is InChI=1S/C14H19FN2O2/c1-17-6-5-16-11(9-17)8-13(18)10-3-4-14(19-2)12(15)7-10/h3-4,7,11,16H,5-6,8-9H2,1-2H3. The minimum absolute atomic E-state index is 0.0469. The van der Waals surface area contributed by atoms with Gasteiger partial charge in [0.05, 0.1) is 7.11 Å². The number of carbonyl (C=O) groups is 1. The van der Waals surface area contributed by atoms with Gasteiger partial charge in [-0.2, -0.15) is 0 Å². The zero-order chi connectivity index (χ0) is 13.8. The van der Waals surface area contributed by atoms with Crippen LogP contribution in [0, 0.1) is 5.82 Å². The zero-order valence-electron chi connectivity index (χ0n) is 11.3. The Morgan fingerprint density at radius 1 is 1.58 bits per heavy atom. The number of halogens is 1. The first-order valence-corrected chi connectivity index (χ1v) is 6.39. The fraction of sp³-hybridized carbons (Fsp3) is 0.500. The molecule has 1 saturated heterocycles. The molecule has 0 saturated carbocycles.